The van der Waals surface area contributed by atoms with Crippen LogP contribution < -0.4 is 4.72 Å². The van der Waals surface area contributed by atoms with E-state index in [4.69, 9.17) is 0 Å². The molecule has 2 aromatic rings. The summed E-state index contributed by atoms with van der Waals surface area (Å²) in [5, 5.41) is 5.89. The van der Waals surface area contributed by atoms with Gasteiger partial charge in [-0.15, -0.1) is 0 Å². The van der Waals surface area contributed by atoms with E-state index in [1.807, 2.05) is 0 Å². The first-order valence-corrected chi connectivity index (χ1v) is 10.7. The number of nitrogens with one attached hydrogen (secondary N) is 1. The van der Waals surface area contributed by atoms with Crippen molar-refractivity contribution in [1.29, 1.82) is 0 Å². The molecule has 0 spiro atoms. The van der Waals surface area contributed by atoms with Crippen molar-refractivity contribution in [3.05, 3.63) is 65.5 Å². The summed E-state index contributed by atoms with van der Waals surface area (Å²) in [5.41, 5.74) is 2.63. The minimum absolute atomic E-state index is 0.00906. The van der Waals surface area contributed by atoms with Gasteiger partial charge in [0.15, 0.2) is 0 Å². The topological polar surface area (TPSA) is 78.8 Å². The lowest BCUT2D eigenvalue weighted by Gasteiger charge is -2.21. The van der Waals surface area contributed by atoms with E-state index in [1.165, 1.54) is 17.1 Å². The number of rotatable bonds is 6. The van der Waals surface area contributed by atoms with E-state index < -0.39 is 10.0 Å². The molecule has 0 radical (unpaired) electrons. The fourth-order valence-corrected chi connectivity index (χ4v) is 3.67. The second-order valence-electron chi connectivity index (χ2n) is 6.50. The summed E-state index contributed by atoms with van der Waals surface area (Å²) >= 11 is 0. The number of hydrogen-bond acceptors (Lipinski definition) is 4. The monoisotopic (exact) mass is 403 g/mol. The van der Waals surface area contributed by atoms with Crippen molar-refractivity contribution in [2.24, 2.45) is 5.10 Å². The molecule has 1 atom stereocenters. The van der Waals surface area contributed by atoms with Crippen LogP contribution in [0.3, 0.4) is 0 Å². The summed E-state index contributed by atoms with van der Waals surface area (Å²) in [6.07, 6.45) is 0.746. The molecule has 6 nitrogen and oxygen atoms in total. The summed E-state index contributed by atoms with van der Waals surface area (Å²) < 4.78 is 39.5. The molecule has 0 bridgehead atoms. The number of carbonyl (C=O) groups excluding carboxylic acids is 1. The maximum atomic E-state index is 13.7. The first-order chi connectivity index (χ1) is 13.3. The molecule has 0 aliphatic carbocycles. The second-order valence-corrected chi connectivity index (χ2v) is 8.51. The number of hydrogen-bond donors (Lipinski definition) is 1. The van der Waals surface area contributed by atoms with Gasteiger partial charge in [0.2, 0.25) is 15.9 Å². The second kappa shape index (κ2) is 8.10. The Morgan fingerprint density at radius 1 is 1.21 bits per heavy atom. The van der Waals surface area contributed by atoms with Crippen molar-refractivity contribution < 1.29 is 17.6 Å². The van der Waals surface area contributed by atoms with Crippen LogP contribution in [0.25, 0.3) is 0 Å². The molecule has 0 aromatic heterocycles. The molecule has 1 amide bonds. The number of hydrazone groups is 1. The smallest absolute Gasteiger partial charge is 0.242 e. The summed E-state index contributed by atoms with van der Waals surface area (Å²) in [7, 11) is -3.35. The van der Waals surface area contributed by atoms with Gasteiger partial charge in [0, 0.05) is 18.5 Å². The normalized spacial score (nSPS) is 16.8. The highest BCUT2D eigenvalue weighted by Crippen LogP contribution is 2.33. The van der Waals surface area contributed by atoms with Crippen LogP contribution in [0, 0.1) is 5.82 Å². The molecule has 28 heavy (non-hydrogen) atoms. The van der Waals surface area contributed by atoms with Crippen molar-refractivity contribution in [2.75, 3.05) is 10.5 Å². The van der Waals surface area contributed by atoms with Crippen LogP contribution in [0.15, 0.2) is 53.6 Å². The van der Waals surface area contributed by atoms with Gasteiger partial charge in [0.05, 0.1) is 17.5 Å². The Hall–Kier alpha value is -2.74. The van der Waals surface area contributed by atoms with E-state index in [0.717, 1.165) is 5.56 Å². The summed E-state index contributed by atoms with van der Waals surface area (Å²) in [4.78, 5) is 12.4. The molecule has 1 heterocycles. The lowest BCUT2D eigenvalue weighted by atomic mass is 9.98. The van der Waals surface area contributed by atoms with Gasteiger partial charge in [0.25, 0.3) is 0 Å². The highest BCUT2D eigenvalue weighted by Gasteiger charge is 2.32. The van der Waals surface area contributed by atoms with E-state index in [0.29, 0.717) is 29.8 Å². The molecule has 0 fully saturated rings. The zero-order valence-electron chi connectivity index (χ0n) is 15.7. The van der Waals surface area contributed by atoms with E-state index in [9.17, 15) is 17.6 Å². The number of halogens is 1. The highest BCUT2D eigenvalue weighted by molar-refractivity contribution is 7.92. The van der Waals surface area contributed by atoms with Crippen LogP contribution >= 0.6 is 0 Å². The van der Waals surface area contributed by atoms with Crippen molar-refractivity contribution in [2.45, 2.75) is 32.7 Å². The third-order valence-electron chi connectivity index (χ3n) is 4.57. The minimum Gasteiger partial charge on any atom is -0.284 e. The van der Waals surface area contributed by atoms with Crippen LogP contribution in [-0.4, -0.2) is 30.8 Å². The Balaban J connectivity index is 1.86. The molecular weight excluding hydrogens is 381 g/mol. The maximum Gasteiger partial charge on any atom is 0.242 e. The Morgan fingerprint density at radius 2 is 1.93 bits per heavy atom. The largest absolute Gasteiger partial charge is 0.284 e. The number of benzene rings is 2. The molecule has 1 aliphatic heterocycles. The lowest BCUT2D eigenvalue weighted by Crippen LogP contribution is -2.26. The maximum absolute atomic E-state index is 13.7. The van der Waals surface area contributed by atoms with Crippen LogP contribution in [0.1, 0.15) is 43.9 Å². The zero-order valence-corrected chi connectivity index (χ0v) is 16.5. The Bertz CT molecular complexity index is 1000. The minimum atomic E-state index is -3.35. The molecular formula is C20H22FN3O3S. The van der Waals surface area contributed by atoms with Gasteiger partial charge in [-0.1, -0.05) is 31.2 Å². The predicted octanol–water partition coefficient (Wildman–Crippen LogP) is 3.68. The summed E-state index contributed by atoms with van der Waals surface area (Å²) in [5.74, 6) is -0.510. The molecule has 148 valence electrons. The third kappa shape index (κ3) is 4.39. The van der Waals surface area contributed by atoms with Gasteiger partial charge >= 0.3 is 0 Å². The van der Waals surface area contributed by atoms with Crippen LogP contribution in [0.4, 0.5) is 10.1 Å². The van der Waals surface area contributed by atoms with E-state index in [1.54, 1.807) is 50.2 Å². The van der Waals surface area contributed by atoms with Gasteiger partial charge in [-0.05, 0) is 42.3 Å². The third-order valence-corrected chi connectivity index (χ3v) is 5.88. The number of nitrogens with zero attached hydrogens (tertiary/aromatic N) is 2. The highest BCUT2D eigenvalue weighted by atomic mass is 32.2. The van der Waals surface area contributed by atoms with Crippen molar-refractivity contribution >= 4 is 27.3 Å². The molecule has 0 saturated heterocycles. The number of carbonyl (C=O) groups is 1. The van der Waals surface area contributed by atoms with Gasteiger partial charge in [0.1, 0.15) is 5.82 Å². The fraction of sp³-hybridized carbons (Fsp3) is 0.300. The number of sulfonamides is 1. The first kappa shape index (κ1) is 20.0. The zero-order chi connectivity index (χ0) is 20.3. The van der Waals surface area contributed by atoms with Gasteiger partial charge in [-0.25, -0.2) is 17.8 Å². The standard InChI is InChI=1S/C20H22FN3O3S/c1-3-20(25)24-19(15-6-5-7-16(21)12-15)13-18(22-24)14-8-10-17(11-9-14)23-28(26,27)4-2/h5-12,19,23H,3-4,13H2,1-2H3/t19-/m0/s1. The van der Waals surface area contributed by atoms with Gasteiger partial charge in [-0.2, -0.15) is 5.10 Å². The predicted molar refractivity (Wildman–Crippen MR) is 107 cm³/mol. The first-order valence-electron chi connectivity index (χ1n) is 9.09. The molecule has 3 rings (SSSR count). The SMILES string of the molecule is CCC(=O)N1N=C(c2ccc(NS(=O)(=O)CC)cc2)C[C@H]1c1cccc(F)c1. The van der Waals surface area contributed by atoms with Crippen LogP contribution in [-0.2, 0) is 14.8 Å². The fourth-order valence-electron chi connectivity index (χ4n) is 3.03. The Labute approximate surface area is 164 Å². The molecule has 0 saturated carbocycles. The van der Waals surface area contributed by atoms with Gasteiger partial charge in [-0.3, -0.25) is 9.52 Å². The average molecular weight is 403 g/mol. The van der Waals surface area contributed by atoms with Gasteiger partial charge < -0.3 is 0 Å². The Kier molecular flexibility index (Phi) is 5.79. The Morgan fingerprint density at radius 3 is 2.54 bits per heavy atom. The average Bonchev–Trinajstić information content (AvgIpc) is 3.13. The van der Waals surface area contributed by atoms with Crippen molar-refractivity contribution in [3.8, 4) is 0 Å². The summed E-state index contributed by atoms with van der Waals surface area (Å²) in [6.45, 7) is 3.32. The molecule has 1 aliphatic rings. The molecule has 0 unspecified atom stereocenters. The molecule has 8 heteroatoms. The summed E-state index contributed by atoms with van der Waals surface area (Å²) in [6, 6.07) is 12.7. The van der Waals surface area contributed by atoms with Crippen molar-refractivity contribution in [1.82, 2.24) is 5.01 Å². The van der Waals surface area contributed by atoms with Crippen LogP contribution in [0.5, 0.6) is 0 Å². The quantitative estimate of drug-likeness (QED) is 0.799. The van der Waals surface area contributed by atoms with E-state index >= 15 is 0 Å². The van der Waals surface area contributed by atoms with Crippen molar-refractivity contribution in [3.63, 3.8) is 0 Å². The lowest BCUT2D eigenvalue weighted by molar-refractivity contribution is -0.132. The van der Waals surface area contributed by atoms with Crippen LogP contribution in [0.2, 0.25) is 0 Å². The number of anilines is 1. The molecule has 1 N–H and O–H groups in total. The van der Waals surface area contributed by atoms with E-state index in [2.05, 4.69) is 9.82 Å². The van der Waals surface area contributed by atoms with E-state index in [-0.39, 0.29) is 23.5 Å². The number of amides is 1. The molecule has 2 aromatic carbocycles.